The van der Waals surface area contributed by atoms with Gasteiger partial charge >= 0.3 is 0 Å². The summed E-state index contributed by atoms with van der Waals surface area (Å²) in [6.07, 6.45) is 0. The molecule has 7 heteroatoms. The first kappa shape index (κ1) is 21.5. The van der Waals surface area contributed by atoms with Crippen LogP contribution in [-0.2, 0) is 9.59 Å². The molecule has 1 N–H and O–H groups in total. The molecule has 1 heterocycles. The molecule has 3 aromatic carbocycles. The van der Waals surface area contributed by atoms with Gasteiger partial charge in [-0.3, -0.25) is 14.5 Å². The van der Waals surface area contributed by atoms with E-state index in [9.17, 15) is 14.7 Å². The molecule has 1 saturated heterocycles. The molecule has 1 fully saturated rings. The van der Waals surface area contributed by atoms with Crippen LogP contribution in [0.3, 0.4) is 0 Å². The van der Waals surface area contributed by atoms with Gasteiger partial charge in [-0.15, -0.1) is 0 Å². The van der Waals surface area contributed by atoms with Crippen molar-refractivity contribution >= 4 is 34.7 Å². The van der Waals surface area contributed by atoms with Crippen molar-refractivity contribution in [2.45, 2.75) is 6.04 Å². The highest BCUT2D eigenvalue weighted by Crippen LogP contribution is 2.45. The fraction of sp³-hybridized carbons (Fsp3) is 0.120. The van der Waals surface area contributed by atoms with Crippen LogP contribution in [0.1, 0.15) is 17.2 Å². The van der Waals surface area contributed by atoms with Crippen LogP contribution in [0.4, 0.5) is 5.69 Å². The zero-order valence-corrected chi connectivity index (χ0v) is 18.2. The smallest absolute Gasteiger partial charge is 0.300 e. The van der Waals surface area contributed by atoms with Crippen molar-refractivity contribution in [1.29, 1.82) is 0 Å². The number of halogens is 1. The van der Waals surface area contributed by atoms with E-state index < -0.39 is 17.7 Å². The van der Waals surface area contributed by atoms with Gasteiger partial charge in [0.15, 0.2) is 0 Å². The average Bonchev–Trinajstić information content (AvgIpc) is 3.09. The summed E-state index contributed by atoms with van der Waals surface area (Å²) in [5.41, 5.74) is 1.39. The van der Waals surface area contributed by atoms with Crippen molar-refractivity contribution in [3.63, 3.8) is 0 Å². The Morgan fingerprint density at radius 3 is 2.25 bits per heavy atom. The van der Waals surface area contributed by atoms with Gasteiger partial charge in [0.2, 0.25) is 0 Å². The normalized spacial score (nSPS) is 17.5. The number of aliphatic hydroxyl groups is 1. The number of hydrogen-bond donors (Lipinski definition) is 1. The summed E-state index contributed by atoms with van der Waals surface area (Å²) in [6.45, 7) is 0. The van der Waals surface area contributed by atoms with E-state index in [0.29, 0.717) is 33.3 Å². The number of rotatable bonds is 5. The lowest BCUT2D eigenvalue weighted by Gasteiger charge is -2.26. The molecule has 6 nitrogen and oxygen atoms in total. The summed E-state index contributed by atoms with van der Waals surface area (Å²) in [6, 6.07) is 19.4. The number of anilines is 1. The maximum atomic E-state index is 13.2. The number of ketones is 1. The number of aliphatic hydroxyl groups excluding tert-OH is 1. The van der Waals surface area contributed by atoms with Crippen LogP contribution in [0.2, 0.25) is 5.02 Å². The SMILES string of the molecule is COc1ccc(C2/C(=C(\O)c3ccc(Cl)cc3)C(=O)C(=O)N2c2ccccc2)c(OC)c1. The summed E-state index contributed by atoms with van der Waals surface area (Å²) >= 11 is 5.97. The topological polar surface area (TPSA) is 76.1 Å². The number of hydrogen-bond acceptors (Lipinski definition) is 5. The molecule has 3 aromatic rings. The molecule has 1 aliphatic heterocycles. The number of methoxy groups -OCH3 is 2. The average molecular weight is 450 g/mol. The molecule has 4 rings (SSSR count). The first-order chi connectivity index (χ1) is 15.5. The lowest BCUT2D eigenvalue weighted by molar-refractivity contribution is -0.132. The van der Waals surface area contributed by atoms with E-state index in [0.717, 1.165) is 0 Å². The van der Waals surface area contributed by atoms with Gasteiger partial charge < -0.3 is 14.6 Å². The lowest BCUT2D eigenvalue weighted by Crippen LogP contribution is -2.29. The van der Waals surface area contributed by atoms with Gasteiger partial charge in [0.1, 0.15) is 17.3 Å². The molecule has 1 unspecified atom stereocenters. The van der Waals surface area contributed by atoms with E-state index >= 15 is 0 Å². The predicted molar refractivity (Wildman–Crippen MR) is 122 cm³/mol. The number of nitrogens with zero attached hydrogens (tertiary/aromatic N) is 1. The highest BCUT2D eigenvalue weighted by molar-refractivity contribution is 6.51. The molecule has 1 amide bonds. The van der Waals surface area contributed by atoms with E-state index in [1.165, 1.54) is 19.1 Å². The third-order valence-electron chi connectivity index (χ3n) is 5.33. The van der Waals surface area contributed by atoms with Gasteiger partial charge in [0.25, 0.3) is 11.7 Å². The monoisotopic (exact) mass is 449 g/mol. The minimum absolute atomic E-state index is 0.0374. The second kappa shape index (κ2) is 8.77. The molecule has 0 aliphatic carbocycles. The second-order valence-electron chi connectivity index (χ2n) is 7.12. The maximum Gasteiger partial charge on any atom is 0.300 e. The molecule has 1 aliphatic rings. The Labute approximate surface area is 190 Å². The number of Topliss-reactive ketones (excluding diaryl/α,β-unsaturated/α-hetero) is 1. The summed E-state index contributed by atoms with van der Waals surface area (Å²) < 4.78 is 10.8. The van der Waals surface area contributed by atoms with Gasteiger partial charge in [-0.2, -0.15) is 0 Å². The minimum atomic E-state index is -0.908. The van der Waals surface area contributed by atoms with E-state index in [1.807, 2.05) is 6.07 Å². The van der Waals surface area contributed by atoms with Crippen LogP contribution < -0.4 is 14.4 Å². The van der Waals surface area contributed by atoms with Crippen molar-refractivity contribution < 1.29 is 24.2 Å². The number of benzene rings is 3. The quantitative estimate of drug-likeness (QED) is 0.337. The zero-order valence-electron chi connectivity index (χ0n) is 17.4. The summed E-state index contributed by atoms with van der Waals surface area (Å²) in [5, 5.41) is 11.6. The van der Waals surface area contributed by atoms with Crippen molar-refractivity contribution in [3.8, 4) is 11.5 Å². The third-order valence-corrected chi connectivity index (χ3v) is 5.58. The first-order valence-corrected chi connectivity index (χ1v) is 10.2. The number of carbonyl (C=O) groups excluding carboxylic acids is 2. The second-order valence-corrected chi connectivity index (χ2v) is 7.56. The van der Waals surface area contributed by atoms with Crippen LogP contribution in [0.25, 0.3) is 5.76 Å². The Hall–Kier alpha value is -3.77. The Balaban J connectivity index is 1.98. The van der Waals surface area contributed by atoms with Crippen LogP contribution in [0, 0.1) is 0 Å². The first-order valence-electron chi connectivity index (χ1n) is 9.80. The number of para-hydroxylation sites is 1. The largest absolute Gasteiger partial charge is 0.507 e. The van der Waals surface area contributed by atoms with E-state index in [2.05, 4.69) is 0 Å². The number of amides is 1. The van der Waals surface area contributed by atoms with Crippen LogP contribution in [-0.4, -0.2) is 31.0 Å². The fourth-order valence-corrected chi connectivity index (χ4v) is 3.92. The van der Waals surface area contributed by atoms with Crippen molar-refractivity contribution in [1.82, 2.24) is 0 Å². The molecule has 162 valence electrons. The zero-order chi connectivity index (χ0) is 22.8. The highest BCUT2D eigenvalue weighted by Gasteiger charge is 2.48. The van der Waals surface area contributed by atoms with Gasteiger partial charge in [-0.05, 0) is 48.5 Å². The predicted octanol–water partition coefficient (Wildman–Crippen LogP) is 4.98. The van der Waals surface area contributed by atoms with Crippen molar-refractivity contribution in [3.05, 3.63) is 94.5 Å². The highest BCUT2D eigenvalue weighted by atomic mass is 35.5. The van der Waals surface area contributed by atoms with Gasteiger partial charge in [-0.25, -0.2) is 0 Å². The molecule has 1 atom stereocenters. The number of carbonyl (C=O) groups is 2. The Morgan fingerprint density at radius 1 is 0.938 bits per heavy atom. The molecule has 0 saturated carbocycles. The molecule has 0 aromatic heterocycles. The Bertz CT molecular complexity index is 1200. The standard InChI is InChI=1S/C25H20ClNO5/c1-31-18-12-13-19(20(14-18)32-2)22-21(23(28)15-8-10-16(26)11-9-15)24(29)25(30)27(22)17-6-4-3-5-7-17/h3-14,22,28H,1-2H3/b23-21+. The van der Waals surface area contributed by atoms with Crippen molar-refractivity contribution in [2.24, 2.45) is 0 Å². The van der Waals surface area contributed by atoms with Crippen LogP contribution >= 0.6 is 11.6 Å². The Morgan fingerprint density at radius 2 is 1.62 bits per heavy atom. The molecular weight excluding hydrogens is 430 g/mol. The molecule has 0 radical (unpaired) electrons. The van der Waals surface area contributed by atoms with Crippen molar-refractivity contribution in [2.75, 3.05) is 19.1 Å². The third kappa shape index (κ3) is 3.69. The summed E-state index contributed by atoms with van der Waals surface area (Å²) in [4.78, 5) is 27.7. The molecular formula is C25H20ClNO5. The van der Waals surface area contributed by atoms with Gasteiger partial charge in [-0.1, -0.05) is 29.8 Å². The summed E-state index contributed by atoms with van der Waals surface area (Å²) in [7, 11) is 3.02. The van der Waals surface area contributed by atoms with Gasteiger partial charge in [0.05, 0.1) is 25.8 Å². The van der Waals surface area contributed by atoms with Gasteiger partial charge in [0, 0.05) is 27.9 Å². The Kier molecular flexibility index (Phi) is 5.88. The summed E-state index contributed by atoms with van der Waals surface area (Å²) in [5.74, 6) is -0.848. The van der Waals surface area contributed by atoms with E-state index in [1.54, 1.807) is 66.7 Å². The maximum absolute atomic E-state index is 13.2. The molecule has 0 bridgehead atoms. The van der Waals surface area contributed by atoms with Crippen LogP contribution in [0.15, 0.2) is 78.4 Å². The lowest BCUT2D eigenvalue weighted by atomic mass is 9.94. The van der Waals surface area contributed by atoms with E-state index in [4.69, 9.17) is 21.1 Å². The fourth-order valence-electron chi connectivity index (χ4n) is 3.79. The van der Waals surface area contributed by atoms with Crippen LogP contribution in [0.5, 0.6) is 11.5 Å². The molecule has 32 heavy (non-hydrogen) atoms. The minimum Gasteiger partial charge on any atom is -0.507 e. The number of ether oxygens (including phenoxy) is 2. The molecule has 0 spiro atoms. The van der Waals surface area contributed by atoms with E-state index in [-0.39, 0.29) is 11.3 Å².